The summed E-state index contributed by atoms with van der Waals surface area (Å²) >= 11 is 3.37. The van der Waals surface area contributed by atoms with Crippen molar-refractivity contribution in [2.24, 2.45) is 0 Å². The van der Waals surface area contributed by atoms with Crippen LogP contribution in [-0.4, -0.2) is 25.5 Å². The average molecular weight is 324 g/mol. The van der Waals surface area contributed by atoms with Gasteiger partial charge in [-0.1, -0.05) is 0 Å². The van der Waals surface area contributed by atoms with E-state index in [9.17, 15) is 0 Å². The molecule has 1 aromatic heterocycles. The molecule has 1 heterocycles. The first-order valence-electron chi connectivity index (χ1n) is 6.61. The van der Waals surface area contributed by atoms with E-state index in [1.807, 2.05) is 23.7 Å². The monoisotopic (exact) mass is 324 g/mol. The fraction of sp³-hybridized carbons (Fsp3) is 0.400. The van der Waals surface area contributed by atoms with Gasteiger partial charge in [0, 0.05) is 23.0 Å². The van der Waals surface area contributed by atoms with Gasteiger partial charge in [0.05, 0.1) is 20.3 Å². The van der Waals surface area contributed by atoms with E-state index < -0.39 is 0 Å². The van der Waals surface area contributed by atoms with Crippen molar-refractivity contribution in [1.82, 2.24) is 10.3 Å². The standard InChI is InChI=1S/C15H20N2O2S2/c1-10(15-16-5-6-21-15)17-9-11-7-12(18-2)13(19-3)8-14(11)20-4/h5-8,10,17H,9H2,1-4H3. The Morgan fingerprint density at radius 1 is 1.29 bits per heavy atom. The highest BCUT2D eigenvalue weighted by Crippen LogP contribution is 2.34. The zero-order chi connectivity index (χ0) is 15.2. The SMILES string of the molecule is COc1cc(CNC(C)c2nccs2)c(SC)cc1OC. The number of ether oxygens (including phenoxy) is 2. The Bertz CT molecular complexity index is 573. The summed E-state index contributed by atoms with van der Waals surface area (Å²) in [6.07, 6.45) is 3.90. The molecule has 0 fully saturated rings. The highest BCUT2D eigenvalue weighted by atomic mass is 32.2. The molecule has 0 aliphatic heterocycles. The molecule has 1 unspecified atom stereocenters. The minimum atomic E-state index is 0.229. The maximum atomic E-state index is 5.38. The van der Waals surface area contributed by atoms with Gasteiger partial charge in [-0.3, -0.25) is 0 Å². The molecular formula is C15H20N2O2S2. The molecule has 114 valence electrons. The molecule has 1 atom stereocenters. The van der Waals surface area contributed by atoms with Crippen LogP contribution < -0.4 is 14.8 Å². The Morgan fingerprint density at radius 2 is 2.00 bits per heavy atom. The molecular weight excluding hydrogens is 304 g/mol. The molecule has 1 N–H and O–H groups in total. The first-order chi connectivity index (χ1) is 10.2. The summed E-state index contributed by atoms with van der Waals surface area (Å²) in [7, 11) is 3.32. The molecule has 0 amide bonds. The van der Waals surface area contributed by atoms with Crippen LogP contribution in [0.5, 0.6) is 11.5 Å². The van der Waals surface area contributed by atoms with Gasteiger partial charge >= 0.3 is 0 Å². The Labute approximate surface area is 133 Å². The first-order valence-corrected chi connectivity index (χ1v) is 8.71. The zero-order valence-corrected chi connectivity index (χ0v) is 14.3. The number of benzene rings is 1. The van der Waals surface area contributed by atoms with Crippen LogP contribution in [0.2, 0.25) is 0 Å². The highest BCUT2D eigenvalue weighted by Gasteiger charge is 2.13. The maximum absolute atomic E-state index is 5.38. The summed E-state index contributed by atoms with van der Waals surface area (Å²) in [5, 5.41) is 6.60. The molecule has 2 rings (SSSR count). The second kappa shape index (κ2) is 7.68. The van der Waals surface area contributed by atoms with E-state index in [2.05, 4.69) is 23.5 Å². The van der Waals surface area contributed by atoms with Gasteiger partial charge in [0.25, 0.3) is 0 Å². The van der Waals surface area contributed by atoms with Gasteiger partial charge in [0.15, 0.2) is 11.5 Å². The topological polar surface area (TPSA) is 43.4 Å². The summed E-state index contributed by atoms with van der Waals surface area (Å²) in [6, 6.07) is 4.29. The predicted molar refractivity (Wildman–Crippen MR) is 88.7 cm³/mol. The van der Waals surface area contributed by atoms with Gasteiger partial charge in [-0.2, -0.15) is 0 Å². The molecule has 6 heteroatoms. The van der Waals surface area contributed by atoms with Crippen molar-refractivity contribution in [3.63, 3.8) is 0 Å². The predicted octanol–water partition coefficient (Wildman–Crippen LogP) is 3.73. The highest BCUT2D eigenvalue weighted by molar-refractivity contribution is 7.98. The molecule has 1 aromatic carbocycles. The lowest BCUT2D eigenvalue weighted by molar-refractivity contribution is 0.353. The number of aromatic nitrogens is 1. The van der Waals surface area contributed by atoms with E-state index in [0.717, 1.165) is 23.1 Å². The van der Waals surface area contributed by atoms with Crippen LogP contribution in [0.25, 0.3) is 0 Å². The Hall–Kier alpha value is -1.24. The second-order valence-electron chi connectivity index (χ2n) is 4.49. The van der Waals surface area contributed by atoms with Crippen LogP contribution >= 0.6 is 23.1 Å². The van der Waals surface area contributed by atoms with Gasteiger partial charge in [0.1, 0.15) is 5.01 Å². The third-order valence-corrected chi connectivity index (χ3v) is 4.99. The molecule has 0 aliphatic carbocycles. The van der Waals surface area contributed by atoms with Gasteiger partial charge in [0.2, 0.25) is 0 Å². The van der Waals surface area contributed by atoms with Gasteiger partial charge < -0.3 is 14.8 Å². The van der Waals surface area contributed by atoms with Crippen LogP contribution in [0, 0.1) is 0 Å². The number of hydrogen-bond acceptors (Lipinski definition) is 6. The van der Waals surface area contributed by atoms with Crippen molar-refractivity contribution >= 4 is 23.1 Å². The maximum Gasteiger partial charge on any atom is 0.161 e. The van der Waals surface area contributed by atoms with Crippen molar-refractivity contribution in [2.45, 2.75) is 24.4 Å². The summed E-state index contributed by atoms with van der Waals surface area (Å²) in [4.78, 5) is 5.52. The number of nitrogens with one attached hydrogen (secondary N) is 1. The second-order valence-corrected chi connectivity index (χ2v) is 6.27. The van der Waals surface area contributed by atoms with Crippen molar-refractivity contribution in [3.8, 4) is 11.5 Å². The summed E-state index contributed by atoms with van der Waals surface area (Å²) in [5.41, 5.74) is 1.20. The van der Waals surface area contributed by atoms with E-state index in [1.54, 1.807) is 37.3 Å². The molecule has 0 aliphatic rings. The molecule has 2 aromatic rings. The number of hydrogen-bond donors (Lipinski definition) is 1. The van der Waals surface area contributed by atoms with Gasteiger partial charge in [-0.15, -0.1) is 23.1 Å². The lowest BCUT2D eigenvalue weighted by Crippen LogP contribution is -2.18. The van der Waals surface area contributed by atoms with E-state index in [0.29, 0.717) is 0 Å². The normalized spacial score (nSPS) is 12.2. The molecule has 21 heavy (non-hydrogen) atoms. The van der Waals surface area contributed by atoms with Crippen LogP contribution in [0.3, 0.4) is 0 Å². The van der Waals surface area contributed by atoms with E-state index in [1.165, 1.54) is 10.5 Å². The molecule has 0 saturated carbocycles. The summed E-state index contributed by atoms with van der Waals surface area (Å²) in [5.74, 6) is 1.52. The van der Waals surface area contributed by atoms with Crippen LogP contribution in [0.15, 0.2) is 28.6 Å². The van der Waals surface area contributed by atoms with Crippen molar-refractivity contribution < 1.29 is 9.47 Å². The lowest BCUT2D eigenvalue weighted by Gasteiger charge is -2.16. The van der Waals surface area contributed by atoms with E-state index >= 15 is 0 Å². The van der Waals surface area contributed by atoms with Crippen LogP contribution in [-0.2, 0) is 6.54 Å². The van der Waals surface area contributed by atoms with E-state index in [4.69, 9.17) is 9.47 Å². The van der Waals surface area contributed by atoms with E-state index in [-0.39, 0.29) is 6.04 Å². The number of methoxy groups -OCH3 is 2. The molecule has 0 bridgehead atoms. The van der Waals surface area contributed by atoms with Crippen molar-refractivity contribution in [2.75, 3.05) is 20.5 Å². The fourth-order valence-corrected chi connectivity index (χ4v) is 3.32. The Morgan fingerprint density at radius 3 is 2.57 bits per heavy atom. The van der Waals surface area contributed by atoms with Gasteiger partial charge in [-0.05, 0) is 30.9 Å². The first kappa shape index (κ1) is 16.1. The van der Waals surface area contributed by atoms with Crippen molar-refractivity contribution in [3.05, 3.63) is 34.3 Å². The molecule has 0 saturated heterocycles. The molecule has 4 nitrogen and oxygen atoms in total. The molecule has 0 spiro atoms. The van der Waals surface area contributed by atoms with Crippen LogP contribution in [0.4, 0.5) is 0 Å². The Balaban J connectivity index is 2.15. The summed E-state index contributed by atoms with van der Waals surface area (Å²) in [6.45, 7) is 2.88. The Kier molecular flexibility index (Phi) is 5.90. The van der Waals surface area contributed by atoms with Crippen LogP contribution in [0.1, 0.15) is 23.5 Å². The largest absolute Gasteiger partial charge is 0.493 e. The molecule has 0 radical (unpaired) electrons. The number of rotatable bonds is 7. The van der Waals surface area contributed by atoms with Crippen molar-refractivity contribution in [1.29, 1.82) is 0 Å². The number of thioether (sulfide) groups is 1. The average Bonchev–Trinajstić information content (AvgIpc) is 3.06. The third-order valence-electron chi connectivity index (χ3n) is 3.21. The minimum Gasteiger partial charge on any atom is -0.493 e. The van der Waals surface area contributed by atoms with Gasteiger partial charge in [-0.25, -0.2) is 4.98 Å². The zero-order valence-electron chi connectivity index (χ0n) is 12.7. The minimum absolute atomic E-state index is 0.229. The third kappa shape index (κ3) is 3.90. The number of thiazole rings is 1. The number of nitrogens with zero attached hydrogens (tertiary/aromatic N) is 1. The fourth-order valence-electron chi connectivity index (χ4n) is 2.03. The quantitative estimate of drug-likeness (QED) is 0.786. The summed E-state index contributed by atoms with van der Waals surface area (Å²) < 4.78 is 10.7. The smallest absolute Gasteiger partial charge is 0.161 e. The lowest BCUT2D eigenvalue weighted by atomic mass is 10.2.